The predicted octanol–water partition coefficient (Wildman–Crippen LogP) is 3.29. The van der Waals surface area contributed by atoms with E-state index in [4.69, 9.17) is 4.74 Å². The van der Waals surface area contributed by atoms with E-state index in [-0.39, 0.29) is 17.0 Å². The molecule has 2 N–H and O–H groups in total. The van der Waals surface area contributed by atoms with Gasteiger partial charge in [-0.25, -0.2) is 0 Å². The average Bonchev–Trinajstić information content (AvgIpc) is 3.01. The van der Waals surface area contributed by atoms with Crippen molar-refractivity contribution in [2.75, 3.05) is 0 Å². The molecular formula is C22H16N2O4. The number of carbonyl (C=O) groups is 3. The van der Waals surface area contributed by atoms with Crippen LogP contribution in [0, 0.1) is 0 Å². The van der Waals surface area contributed by atoms with E-state index in [1.54, 1.807) is 0 Å². The maximum Gasteiger partial charge on any atom is 0.258 e. The van der Waals surface area contributed by atoms with Crippen molar-refractivity contribution < 1.29 is 19.1 Å². The van der Waals surface area contributed by atoms with Crippen molar-refractivity contribution in [1.29, 1.82) is 0 Å². The first-order valence-corrected chi connectivity index (χ1v) is 8.70. The number of ether oxygens (including phenoxy) is 1. The zero-order chi connectivity index (χ0) is 19.5. The molecule has 0 saturated heterocycles. The molecule has 0 spiro atoms. The Labute approximate surface area is 161 Å². The molecule has 0 bridgehead atoms. The van der Waals surface area contributed by atoms with E-state index in [1.807, 2.05) is 54.6 Å². The number of imide groups is 1. The van der Waals surface area contributed by atoms with Crippen molar-refractivity contribution in [3.05, 3.63) is 95.1 Å². The summed E-state index contributed by atoms with van der Waals surface area (Å²) in [5, 5.41) is 5.01. The third-order valence-electron chi connectivity index (χ3n) is 4.35. The van der Waals surface area contributed by atoms with Crippen molar-refractivity contribution in [2.24, 2.45) is 0 Å². The Bertz CT molecular complexity index is 1060. The minimum Gasteiger partial charge on any atom is -0.457 e. The van der Waals surface area contributed by atoms with Crippen LogP contribution in [0.5, 0.6) is 11.5 Å². The zero-order valence-electron chi connectivity index (χ0n) is 14.8. The number of para-hydroxylation sites is 1. The lowest BCUT2D eigenvalue weighted by atomic mass is 10.1. The lowest BCUT2D eigenvalue weighted by Gasteiger charge is -2.08. The van der Waals surface area contributed by atoms with Gasteiger partial charge in [0, 0.05) is 12.1 Å². The summed E-state index contributed by atoms with van der Waals surface area (Å²) in [6, 6.07) is 21.3. The maximum atomic E-state index is 12.4. The SMILES string of the molecule is O=C(NCc1ccc(Oc2ccccc2)cc1)c1ccc2c(c1)C(=O)NC2=O. The first kappa shape index (κ1) is 17.5. The van der Waals surface area contributed by atoms with E-state index in [0.717, 1.165) is 11.3 Å². The minimum absolute atomic E-state index is 0.222. The summed E-state index contributed by atoms with van der Waals surface area (Å²) >= 11 is 0. The molecule has 0 radical (unpaired) electrons. The summed E-state index contributed by atoms with van der Waals surface area (Å²) in [5.41, 5.74) is 1.74. The quantitative estimate of drug-likeness (QED) is 0.673. The maximum absolute atomic E-state index is 12.4. The van der Waals surface area contributed by atoms with E-state index in [1.165, 1.54) is 18.2 Å². The lowest BCUT2D eigenvalue weighted by molar-refractivity contribution is 0.0878. The number of benzene rings is 3. The lowest BCUT2D eigenvalue weighted by Crippen LogP contribution is -2.23. The van der Waals surface area contributed by atoms with Crippen LogP contribution < -0.4 is 15.4 Å². The molecule has 6 nitrogen and oxygen atoms in total. The second-order valence-electron chi connectivity index (χ2n) is 6.29. The molecule has 0 fully saturated rings. The third-order valence-corrected chi connectivity index (χ3v) is 4.35. The largest absolute Gasteiger partial charge is 0.457 e. The van der Waals surface area contributed by atoms with Gasteiger partial charge in [-0.1, -0.05) is 30.3 Å². The highest BCUT2D eigenvalue weighted by Crippen LogP contribution is 2.21. The number of rotatable bonds is 5. The van der Waals surface area contributed by atoms with Crippen LogP contribution in [0.3, 0.4) is 0 Å². The number of fused-ring (bicyclic) bond motifs is 1. The number of amides is 3. The molecule has 3 amide bonds. The van der Waals surface area contributed by atoms with Gasteiger partial charge in [0.2, 0.25) is 0 Å². The highest BCUT2D eigenvalue weighted by molar-refractivity contribution is 6.22. The van der Waals surface area contributed by atoms with E-state index in [2.05, 4.69) is 10.6 Å². The molecule has 0 saturated carbocycles. The van der Waals surface area contributed by atoms with Crippen LogP contribution in [0.1, 0.15) is 36.6 Å². The van der Waals surface area contributed by atoms with Crippen molar-refractivity contribution in [1.82, 2.24) is 10.6 Å². The molecule has 138 valence electrons. The molecule has 0 aliphatic carbocycles. The first-order chi connectivity index (χ1) is 13.6. The fourth-order valence-corrected chi connectivity index (χ4v) is 2.89. The molecular weight excluding hydrogens is 356 g/mol. The molecule has 0 unspecified atom stereocenters. The molecule has 0 aromatic heterocycles. The van der Waals surface area contributed by atoms with Crippen molar-refractivity contribution in [3.63, 3.8) is 0 Å². The van der Waals surface area contributed by atoms with Gasteiger partial charge in [0.15, 0.2) is 0 Å². The van der Waals surface area contributed by atoms with Gasteiger partial charge in [-0.15, -0.1) is 0 Å². The standard InChI is InChI=1S/C22H16N2O4/c25-20(15-8-11-18-19(12-15)22(27)24-21(18)26)23-13-14-6-9-17(10-7-14)28-16-4-2-1-3-5-16/h1-12H,13H2,(H,23,25)(H,24,26,27). The van der Waals surface area contributed by atoms with Gasteiger partial charge in [-0.05, 0) is 48.0 Å². The fourth-order valence-electron chi connectivity index (χ4n) is 2.89. The van der Waals surface area contributed by atoms with Gasteiger partial charge in [-0.3, -0.25) is 19.7 Å². The fraction of sp³-hybridized carbons (Fsp3) is 0.0455. The van der Waals surface area contributed by atoms with Gasteiger partial charge in [0.1, 0.15) is 11.5 Å². The van der Waals surface area contributed by atoms with Crippen LogP contribution in [0.25, 0.3) is 0 Å². The van der Waals surface area contributed by atoms with Gasteiger partial charge >= 0.3 is 0 Å². The molecule has 0 atom stereocenters. The zero-order valence-corrected chi connectivity index (χ0v) is 14.8. The van der Waals surface area contributed by atoms with E-state index in [9.17, 15) is 14.4 Å². The Morgan fingerprint density at radius 3 is 2.25 bits per heavy atom. The predicted molar refractivity (Wildman–Crippen MR) is 102 cm³/mol. The molecule has 3 aromatic rings. The summed E-state index contributed by atoms with van der Waals surface area (Å²) in [6.07, 6.45) is 0. The third kappa shape index (κ3) is 3.61. The number of carbonyl (C=O) groups excluding carboxylic acids is 3. The molecule has 3 aromatic carbocycles. The average molecular weight is 372 g/mol. The summed E-state index contributed by atoms with van der Waals surface area (Å²) < 4.78 is 5.74. The van der Waals surface area contributed by atoms with Gasteiger partial charge in [0.25, 0.3) is 17.7 Å². The Balaban J connectivity index is 1.38. The normalized spacial score (nSPS) is 12.3. The first-order valence-electron chi connectivity index (χ1n) is 8.70. The Morgan fingerprint density at radius 1 is 0.821 bits per heavy atom. The van der Waals surface area contributed by atoms with Crippen LogP contribution in [0.4, 0.5) is 0 Å². The monoisotopic (exact) mass is 372 g/mol. The van der Waals surface area contributed by atoms with Gasteiger partial charge in [0.05, 0.1) is 11.1 Å². The number of hydrogen-bond acceptors (Lipinski definition) is 4. The Hall–Kier alpha value is -3.93. The van der Waals surface area contributed by atoms with Crippen LogP contribution in [-0.2, 0) is 6.54 Å². The Morgan fingerprint density at radius 2 is 1.50 bits per heavy atom. The summed E-state index contributed by atoms with van der Waals surface area (Å²) in [7, 11) is 0. The van der Waals surface area contributed by atoms with Crippen LogP contribution in [0.2, 0.25) is 0 Å². The summed E-state index contributed by atoms with van der Waals surface area (Å²) in [6.45, 7) is 0.326. The molecule has 1 aliphatic heterocycles. The van der Waals surface area contributed by atoms with Crippen molar-refractivity contribution in [2.45, 2.75) is 6.54 Å². The van der Waals surface area contributed by atoms with Crippen LogP contribution in [-0.4, -0.2) is 17.7 Å². The van der Waals surface area contributed by atoms with Crippen molar-refractivity contribution in [3.8, 4) is 11.5 Å². The topological polar surface area (TPSA) is 84.5 Å². The molecule has 4 rings (SSSR count). The number of nitrogens with one attached hydrogen (secondary N) is 2. The van der Waals surface area contributed by atoms with Gasteiger partial charge in [-0.2, -0.15) is 0 Å². The molecule has 1 aliphatic rings. The second-order valence-corrected chi connectivity index (χ2v) is 6.29. The molecule has 28 heavy (non-hydrogen) atoms. The number of hydrogen-bond donors (Lipinski definition) is 2. The highest BCUT2D eigenvalue weighted by atomic mass is 16.5. The Kier molecular flexibility index (Phi) is 4.60. The molecule has 1 heterocycles. The van der Waals surface area contributed by atoms with Crippen LogP contribution >= 0.6 is 0 Å². The summed E-state index contributed by atoms with van der Waals surface area (Å²) in [5.74, 6) is 0.214. The highest BCUT2D eigenvalue weighted by Gasteiger charge is 2.27. The minimum atomic E-state index is -0.483. The molecule has 6 heteroatoms. The van der Waals surface area contributed by atoms with E-state index >= 15 is 0 Å². The smallest absolute Gasteiger partial charge is 0.258 e. The second kappa shape index (κ2) is 7.36. The van der Waals surface area contributed by atoms with Gasteiger partial charge < -0.3 is 10.1 Å². The van der Waals surface area contributed by atoms with Crippen molar-refractivity contribution >= 4 is 17.7 Å². The summed E-state index contributed by atoms with van der Waals surface area (Å²) in [4.78, 5) is 35.6. The van der Waals surface area contributed by atoms with Crippen LogP contribution in [0.15, 0.2) is 72.8 Å². The van der Waals surface area contributed by atoms with E-state index < -0.39 is 11.8 Å². The van der Waals surface area contributed by atoms with E-state index in [0.29, 0.717) is 17.9 Å².